The van der Waals surface area contributed by atoms with Gasteiger partial charge >= 0.3 is 0 Å². The number of halogens is 1. The summed E-state index contributed by atoms with van der Waals surface area (Å²) >= 11 is 6.03. The molecule has 4 heteroatoms. The van der Waals surface area contributed by atoms with Crippen LogP contribution >= 0.6 is 11.6 Å². The number of hydrogen-bond donors (Lipinski definition) is 1. The van der Waals surface area contributed by atoms with Gasteiger partial charge in [0.1, 0.15) is 0 Å². The predicted molar refractivity (Wildman–Crippen MR) is 74.7 cm³/mol. The maximum absolute atomic E-state index is 6.10. The first kappa shape index (κ1) is 13.1. The lowest BCUT2D eigenvalue weighted by Gasteiger charge is -2.20. The molecule has 96 valence electrons. The maximum Gasteiger partial charge on any atom is 0.0954 e. The molecule has 2 aromatic rings. The van der Waals surface area contributed by atoms with E-state index in [-0.39, 0.29) is 12.1 Å². The molecule has 0 amide bonds. The van der Waals surface area contributed by atoms with E-state index in [4.69, 9.17) is 17.3 Å². The second-order valence-electron chi connectivity index (χ2n) is 4.47. The van der Waals surface area contributed by atoms with Gasteiger partial charge in [0, 0.05) is 17.3 Å². The summed E-state index contributed by atoms with van der Waals surface area (Å²) in [4.78, 5) is 4.21. The van der Waals surface area contributed by atoms with Crippen molar-refractivity contribution < 1.29 is 0 Å². The van der Waals surface area contributed by atoms with E-state index in [1.54, 1.807) is 0 Å². The third-order valence-corrected chi connectivity index (χ3v) is 3.50. The first-order valence-corrected chi connectivity index (χ1v) is 6.54. The molecular formula is C14H18ClN3. The van der Waals surface area contributed by atoms with Crippen molar-refractivity contribution >= 4 is 11.6 Å². The average molecular weight is 264 g/mol. The molecule has 0 saturated carbocycles. The molecule has 0 fully saturated rings. The van der Waals surface area contributed by atoms with Crippen LogP contribution in [0.25, 0.3) is 0 Å². The van der Waals surface area contributed by atoms with E-state index in [0.29, 0.717) is 0 Å². The molecule has 1 unspecified atom stereocenters. The van der Waals surface area contributed by atoms with Crippen LogP contribution in [0.15, 0.2) is 36.8 Å². The SMILES string of the molecule is CC[C@@H](N)c1cncn1C(C)c1cccc(Cl)c1. The molecule has 0 aliphatic rings. The number of imidazole rings is 1. The topological polar surface area (TPSA) is 43.8 Å². The summed E-state index contributed by atoms with van der Waals surface area (Å²) in [5, 5.41) is 0.751. The van der Waals surface area contributed by atoms with E-state index in [9.17, 15) is 0 Å². The highest BCUT2D eigenvalue weighted by Crippen LogP contribution is 2.25. The van der Waals surface area contributed by atoms with Crippen molar-refractivity contribution in [3.63, 3.8) is 0 Å². The summed E-state index contributed by atoms with van der Waals surface area (Å²) < 4.78 is 2.11. The number of nitrogens with two attached hydrogens (primary N) is 1. The third kappa shape index (κ3) is 2.57. The Morgan fingerprint density at radius 3 is 2.89 bits per heavy atom. The van der Waals surface area contributed by atoms with Gasteiger partial charge in [0.15, 0.2) is 0 Å². The lowest BCUT2D eigenvalue weighted by molar-refractivity contribution is 0.558. The first-order valence-electron chi connectivity index (χ1n) is 6.16. The highest BCUT2D eigenvalue weighted by molar-refractivity contribution is 6.30. The summed E-state index contributed by atoms with van der Waals surface area (Å²) in [6.45, 7) is 4.20. The summed E-state index contributed by atoms with van der Waals surface area (Å²) in [5.41, 5.74) is 8.32. The van der Waals surface area contributed by atoms with Crippen molar-refractivity contribution in [3.05, 3.63) is 53.1 Å². The van der Waals surface area contributed by atoms with Crippen LogP contribution in [0.5, 0.6) is 0 Å². The van der Waals surface area contributed by atoms with Gasteiger partial charge < -0.3 is 10.3 Å². The van der Waals surface area contributed by atoms with Crippen molar-refractivity contribution in [3.8, 4) is 0 Å². The quantitative estimate of drug-likeness (QED) is 0.917. The van der Waals surface area contributed by atoms with Crippen LogP contribution in [0.3, 0.4) is 0 Å². The average Bonchev–Trinajstić information content (AvgIpc) is 2.86. The minimum absolute atomic E-state index is 0.0223. The van der Waals surface area contributed by atoms with Gasteiger partial charge in [-0.3, -0.25) is 0 Å². The zero-order valence-corrected chi connectivity index (χ0v) is 11.4. The molecule has 18 heavy (non-hydrogen) atoms. The Kier molecular flexibility index (Phi) is 4.04. The predicted octanol–water partition coefficient (Wildman–Crippen LogP) is 3.56. The molecule has 1 aromatic carbocycles. The Balaban J connectivity index is 2.34. The molecule has 0 spiro atoms. The van der Waals surface area contributed by atoms with Gasteiger partial charge in [0.25, 0.3) is 0 Å². The van der Waals surface area contributed by atoms with Gasteiger partial charge in [-0.05, 0) is 31.0 Å². The van der Waals surface area contributed by atoms with Crippen LogP contribution < -0.4 is 5.73 Å². The number of aromatic nitrogens is 2. The molecule has 2 rings (SSSR count). The highest BCUT2D eigenvalue weighted by atomic mass is 35.5. The number of benzene rings is 1. The van der Waals surface area contributed by atoms with Crippen molar-refractivity contribution in [2.45, 2.75) is 32.4 Å². The van der Waals surface area contributed by atoms with Crippen LogP contribution in [0.1, 0.15) is 43.6 Å². The maximum atomic E-state index is 6.10. The second kappa shape index (κ2) is 5.55. The Bertz CT molecular complexity index is 521. The monoisotopic (exact) mass is 263 g/mol. The first-order chi connectivity index (χ1) is 8.63. The zero-order chi connectivity index (χ0) is 13.1. The van der Waals surface area contributed by atoms with Crippen LogP contribution in [0.4, 0.5) is 0 Å². The van der Waals surface area contributed by atoms with Crippen molar-refractivity contribution in [2.75, 3.05) is 0 Å². The van der Waals surface area contributed by atoms with Gasteiger partial charge in [0.2, 0.25) is 0 Å². The summed E-state index contributed by atoms with van der Waals surface area (Å²) in [6.07, 6.45) is 4.57. The summed E-state index contributed by atoms with van der Waals surface area (Å²) in [6, 6.07) is 8.09. The Labute approximate surface area is 113 Å². The van der Waals surface area contributed by atoms with Crippen LogP contribution in [0, 0.1) is 0 Å². The van der Waals surface area contributed by atoms with Crippen LogP contribution in [-0.2, 0) is 0 Å². The fourth-order valence-corrected chi connectivity index (χ4v) is 2.26. The molecule has 0 aliphatic carbocycles. The Morgan fingerprint density at radius 1 is 1.44 bits per heavy atom. The van der Waals surface area contributed by atoms with Crippen molar-refractivity contribution in [1.29, 1.82) is 0 Å². The zero-order valence-electron chi connectivity index (χ0n) is 10.7. The Hall–Kier alpha value is -1.32. The fourth-order valence-electron chi connectivity index (χ4n) is 2.06. The number of nitrogens with zero attached hydrogens (tertiary/aromatic N) is 2. The molecular weight excluding hydrogens is 246 g/mol. The standard InChI is InChI=1S/C14H18ClN3/c1-3-13(16)14-8-17-9-18(14)10(2)11-5-4-6-12(15)7-11/h4-10,13H,3,16H2,1-2H3/t10?,13-/m1/s1. The second-order valence-corrected chi connectivity index (χ2v) is 4.91. The molecule has 0 aliphatic heterocycles. The van der Waals surface area contributed by atoms with Gasteiger partial charge in [0.05, 0.1) is 18.1 Å². The Morgan fingerprint density at radius 2 is 2.22 bits per heavy atom. The van der Waals surface area contributed by atoms with E-state index >= 15 is 0 Å². The molecule has 1 heterocycles. The van der Waals surface area contributed by atoms with E-state index in [0.717, 1.165) is 22.7 Å². The molecule has 0 radical (unpaired) electrons. The largest absolute Gasteiger partial charge is 0.326 e. The third-order valence-electron chi connectivity index (χ3n) is 3.26. The summed E-state index contributed by atoms with van der Waals surface area (Å²) in [5.74, 6) is 0. The molecule has 2 atom stereocenters. The van der Waals surface area contributed by atoms with Crippen molar-refractivity contribution in [1.82, 2.24) is 9.55 Å². The fraction of sp³-hybridized carbons (Fsp3) is 0.357. The molecule has 0 bridgehead atoms. The van der Waals surface area contributed by atoms with Crippen molar-refractivity contribution in [2.24, 2.45) is 5.73 Å². The van der Waals surface area contributed by atoms with Crippen LogP contribution in [-0.4, -0.2) is 9.55 Å². The van der Waals surface area contributed by atoms with E-state index < -0.39 is 0 Å². The van der Waals surface area contributed by atoms with Gasteiger partial charge in [-0.2, -0.15) is 0 Å². The smallest absolute Gasteiger partial charge is 0.0954 e. The van der Waals surface area contributed by atoms with Gasteiger partial charge in [-0.25, -0.2) is 4.98 Å². The lowest BCUT2D eigenvalue weighted by atomic mass is 10.1. The molecule has 2 N–H and O–H groups in total. The number of rotatable bonds is 4. The van der Waals surface area contributed by atoms with Gasteiger partial charge in [-0.1, -0.05) is 30.7 Å². The highest BCUT2D eigenvalue weighted by Gasteiger charge is 2.15. The van der Waals surface area contributed by atoms with Crippen LogP contribution in [0.2, 0.25) is 5.02 Å². The number of hydrogen-bond acceptors (Lipinski definition) is 2. The lowest BCUT2D eigenvalue weighted by Crippen LogP contribution is -2.17. The molecule has 3 nitrogen and oxygen atoms in total. The van der Waals surface area contributed by atoms with E-state index in [1.165, 1.54) is 0 Å². The molecule has 0 saturated heterocycles. The minimum Gasteiger partial charge on any atom is -0.326 e. The minimum atomic E-state index is 0.0223. The van der Waals surface area contributed by atoms with E-state index in [1.807, 2.05) is 30.7 Å². The summed E-state index contributed by atoms with van der Waals surface area (Å²) in [7, 11) is 0. The van der Waals surface area contributed by atoms with Gasteiger partial charge in [-0.15, -0.1) is 0 Å². The molecule has 1 aromatic heterocycles. The van der Waals surface area contributed by atoms with E-state index in [2.05, 4.69) is 29.5 Å². The normalized spacial score (nSPS) is 14.4.